The zero-order valence-electron chi connectivity index (χ0n) is 12.6. The van der Waals surface area contributed by atoms with E-state index in [9.17, 15) is 9.59 Å². The molecule has 5 nitrogen and oxygen atoms in total. The maximum atomic E-state index is 12.2. The summed E-state index contributed by atoms with van der Waals surface area (Å²) in [6.45, 7) is 2.00. The molecule has 3 aromatic rings. The van der Waals surface area contributed by atoms with Gasteiger partial charge in [0.15, 0.2) is 5.75 Å². The Hall–Kier alpha value is -3.08. The van der Waals surface area contributed by atoms with E-state index in [4.69, 9.17) is 9.47 Å². The molecular weight excluding hydrogens is 294 g/mol. The number of hydrogen-bond donors (Lipinski definition) is 0. The molecule has 1 aromatic heterocycles. The molecule has 3 rings (SSSR count). The van der Waals surface area contributed by atoms with Gasteiger partial charge in [0, 0.05) is 11.6 Å². The molecule has 5 heteroatoms. The van der Waals surface area contributed by atoms with Crippen LogP contribution in [0.2, 0.25) is 0 Å². The van der Waals surface area contributed by atoms with Gasteiger partial charge in [-0.15, -0.1) is 0 Å². The number of fused-ring (bicyclic) bond motifs is 1. The Balaban J connectivity index is 1.99. The molecule has 0 amide bonds. The first kappa shape index (κ1) is 14.8. The van der Waals surface area contributed by atoms with Gasteiger partial charge in [0.05, 0.1) is 12.2 Å². The van der Waals surface area contributed by atoms with Crippen molar-refractivity contribution in [2.45, 2.75) is 6.92 Å². The van der Waals surface area contributed by atoms with Gasteiger partial charge in [-0.1, -0.05) is 30.3 Å². The van der Waals surface area contributed by atoms with Gasteiger partial charge in [-0.2, -0.15) is 0 Å². The molecule has 0 spiro atoms. The molecule has 0 saturated heterocycles. The number of hydrogen-bond acceptors (Lipinski definition) is 4. The molecule has 0 N–H and O–H groups in total. The minimum Gasteiger partial charge on any atom is -0.449 e. The predicted molar refractivity (Wildman–Crippen MR) is 85.8 cm³/mol. The Kier molecular flexibility index (Phi) is 4.10. The van der Waals surface area contributed by atoms with E-state index >= 15 is 0 Å². The van der Waals surface area contributed by atoms with E-state index in [1.54, 1.807) is 55.6 Å². The van der Waals surface area contributed by atoms with Crippen LogP contribution in [0.3, 0.4) is 0 Å². The van der Waals surface area contributed by atoms with Gasteiger partial charge < -0.3 is 9.47 Å². The van der Waals surface area contributed by atoms with E-state index in [1.807, 2.05) is 12.1 Å². The Morgan fingerprint density at radius 2 is 1.78 bits per heavy atom. The monoisotopic (exact) mass is 309 g/mol. The van der Waals surface area contributed by atoms with Crippen molar-refractivity contribution in [1.82, 2.24) is 4.57 Å². The van der Waals surface area contributed by atoms with Gasteiger partial charge in [-0.25, -0.2) is 14.2 Å². The smallest absolute Gasteiger partial charge is 0.418 e. The molecule has 23 heavy (non-hydrogen) atoms. The number of nitrogens with zero attached hydrogens (tertiary/aromatic N) is 1. The molecule has 0 fully saturated rings. The molecular formula is C18H15NO4. The first-order chi connectivity index (χ1) is 11.2. The third kappa shape index (κ3) is 2.94. The molecule has 0 aliphatic carbocycles. The molecule has 0 aliphatic rings. The molecule has 0 atom stereocenters. The van der Waals surface area contributed by atoms with E-state index in [0.29, 0.717) is 16.8 Å². The van der Waals surface area contributed by atoms with Crippen molar-refractivity contribution < 1.29 is 19.1 Å². The zero-order valence-corrected chi connectivity index (χ0v) is 12.6. The molecule has 1 heterocycles. The van der Waals surface area contributed by atoms with Crippen LogP contribution >= 0.6 is 0 Å². The lowest BCUT2D eigenvalue weighted by Gasteiger charge is -2.09. The highest BCUT2D eigenvalue weighted by Gasteiger charge is 2.16. The fourth-order valence-corrected chi connectivity index (χ4v) is 2.32. The fourth-order valence-electron chi connectivity index (χ4n) is 2.32. The molecule has 116 valence electrons. The number of aromatic nitrogens is 1. The third-order valence-electron chi connectivity index (χ3n) is 3.35. The second kappa shape index (κ2) is 6.36. The van der Waals surface area contributed by atoms with Crippen LogP contribution in [0.5, 0.6) is 5.75 Å². The standard InChI is InChI=1S/C18H15NO4/c1-2-22-18(21)19-12-11-13-9-6-10-15(16(13)19)23-17(20)14-7-4-3-5-8-14/h3-12H,2H2,1H3. The van der Waals surface area contributed by atoms with Crippen LogP contribution in [0.4, 0.5) is 4.79 Å². The number of carbonyl (C=O) groups excluding carboxylic acids is 2. The van der Waals surface area contributed by atoms with Crippen LogP contribution in [0.15, 0.2) is 60.8 Å². The van der Waals surface area contributed by atoms with Gasteiger partial charge in [0.1, 0.15) is 5.52 Å². The summed E-state index contributed by atoms with van der Waals surface area (Å²) in [6, 6.07) is 15.7. The van der Waals surface area contributed by atoms with Crippen molar-refractivity contribution in [3.63, 3.8) is 0 Å². The van der Waals surface area contributed by atoms with Crippen molar-refractivity contribution in [2.75, 3.05) is 6.61 Å². The van der Waals surface area contributed by atoms with Gasteiger partial charge in [0.25, 0.3) is 0 Å². The minimum atomic E-state index is -0.509. The maximum Gasteiger partial charge on any atom is 0.418 e. The first-order valence-electron chi connectivity index (χ1n) is 7.25. The highest BCUT2D eigenvalue weighted by molar-refractivity contribution is 5.97. The lowest BCUT2D eigenvalue weighted by molar-refractivity contribution is 0.0736. The van der Waals surface area contributed by atoms with Crippen LogP contribution in [0.1, 0.15) is 17.3 Å². The van der Waals surface area contributed by atoms with Gasteiger partial charge in [-0.05, 0) is 31.2 Å². The second-order valence-electron chi connectivity index (χ2n) is 4.83. The number of rotatable bonds is 3. The lowest BCUT2D eigenvalue weighted by Crippen LogP contribution is -2.14. The van der Waals surface area contributed by atoms with Crippen LogP contribution < -0.4 is 4.74 Å². The quantitative estimate of drug-likeness (QED) is 0.544. The number of carbonyl (C=O) groups is 2. The van der Waals surface area contributed by atoms with Crippen LogP contribution in [-0.4, -0.2) is 23.2 Å². The largest absolute Gasteiger partial charge is 0.449 e. The molecule has 0 aliphatic heterocycles. The maximum absolute atomic E-state index is 12.2. The summed E-state index contributed by atoms with van der Waals surface area (Å²) >= 11 is 0. The van der Waals surface area contributed by atoms with Crippen LogP contribution in [-0.2, 0) is 4.74 Å². The summed E-state index contributed by atoms with van der Waals surface area (Å²) < 4.78 is 11.8. The minimum absolute atomic E-state index is 0.268. The van der Waals surface area contributed by atoms with Crippen LogP contribution in [0, 0.1) is 0 Å². The molecule has 0 unspecified atom stereocenters. The zero-order chi connectivity index (χ0) is 16.2. The third-order valence-corrected chi connectivity index (χ3v) is 3.35. The molecule has 0 saturated carbocycles. The summed E-state index contributed by atoms with van der Waals surface area (Å²) in [6.07, 6.45) is 1.09. The van der Waals surface area contributed by atoms with E-state index in [2.05, 4.69) is 0 Å². The average Bonchev–Trinajstić information content (AvgIpc) is 3.01. The lowest BCUT2D eigenvalue weighted by atomic mass is 10.2. The number of benzene rings is 2. The normalized spacial score (nSPS) is 10.5. The summed E-state index contributed by atoms with van der Waals surface area (Å²) in [5.41, 5.74) is 0.953. The van der Waals surface area contributed by atoms with Crippen molar-refractivity contribution in [3.05, 3.63) is 66.4 Å². The highest BCUT2D eigenvalue weighted by Crippen LogP contribution is 2.27. The Morgan fingerprint density at radius 1 is 1.00 bits per heavy atom. The first-order valence-corrected chi connectivity index (χ1v) is 7.25. The number of esters is 1. The number of ether oxygens (including phenoxy) is 2. The Morgan fingerprint density at radius 3 is 2.52 bits per heavy atom. The summed E-state index contributed by atoms with van der Waals surface area (Å²) in [5.74, 6) is -0.163. The molecule has 0 bridgehead atoms. The number of para-hydroxylation sites is 1. The average molecular weight is 309 g/mol. The van der Waals surface area contributed by atoms with Crippen molar-refractivity contribution in [2.24, 2.45) is 0 Å². The van der Waals surface area contributed by atoms with Gasteiger partial charge in [-0.3, -0.25) is 0 Å². The van der Waals surface area contributed by atoms with Crippen molar-refractivity contribution >= 4 is 23.0 Å². The van der Waals surface area contributed by atoms with Gasteiger partial charge >= 0.3 is 12.1 Å². The Bertz CT molecular complexity index is 852. The second-order valence-corrected chi connectivity index (χ2v) is 4.83. The molecule has 0 radical (unpaired) electrons. The van der Waals surface area contributed by atoms with E-state index in [0.717, 1.165) is 5.39 Å². The SMILES string of the molecule is CCOC(=O)n1ccc2cccc(OC(=O)c3ccccc3)c21. The fraction of sp³-hybridized carbons (Fsp3) is 0.111. The van der Waals surface area contributed by atoms with Crippen LogP contribution in [0.25, 0.3) is 10.9 Å². The van der Waals surface area contributed by atoms with E-state index in [-0.39, 0.29) is 6.61 Å². The van der Waals surface area contributed by atoms with E-state index in [1.165, 1.54) is 4.57 Å². The topological polar surface area (TPSA) is 57.5 Å². The van der Waals surface area contributed by atoms with Crippen molar-refractivity contribution in [3.8, 4) is 5.75 Å². The van der Waals surface area contributed by atoms with Gasteiger partial charge in [0.2, 0.25) is 0 Å². The highest BCUT2D eigenvalue weighted by atomic mass is 16.6. The summed E-state index contributed by atoms with van der Waals surface area (Å²) in [4.78, 5) is 24.3. The summed E-state index contributed by atoms with van der Waals surface area (Å²) in [7, 11) is 0. The Labute approximate surface area is 133 Å². The van der Waals surface area contributed by atoms with E-state index < -0.39 is 12.1 Å². The summed E-state index contributed by atoms with van der Waals surface area (Å²) in [5, 5.41) is 0.788. The van der Waals surface area contributed by atoms with Crippen molar-refractivity contribution in [1.29, 1.82) is 0 Å². The molecule has 2 aromatic carbocycles. The predicted octanol–water partition coefficient (Wildman–Crippen LogP) is 3.87.